The number of nitrogen functional groups attached to an aromatic ring is 1. The van der Waals surface area contributed by atoms with E-state index in [0.29, 0.717) is 12.4 Å². The summed E-state index contributed by atoms with van der Waals surface area (Å²) >= 11 is 0. The normalized spacial score (nSPS) is 12.2. The molecule has 3 rings (SSSR count). The van der Waals surface area contributed by atoms with E-state index >= 15 is 0 Å². The zero-order valence-electron chi connectivity index (χ0n) is 11.9. The van der Waals surface area contributed by atoms with Gasteiger partial charge < -0.3 is 10.5 Å². The monoisotopic (exact) mass is 279 g/mol. The van der Waals surface area contributed by atoms with E-state index in [4.69, 9.17) is 10.5 Å². The molecule has 0 aliphatic heterocycles. The molecule has 4 nitrogen and oxygen atoms in total. The first-order valence-electron chi connectivity index (χ1n) is 6.95. The summed E-state index contributed by atoms with van der Waals surface area (Å²) in [6.07, 6.45) is 0.687. The summed E-state index contributed by atoms with van der Waals surface area (Å²) in [6, 6.07) is 17.7. The van der Waals surface area contributed by atoms with Gasteiger partial charge in [-0.15, -0.1) is 0 Å². The molecule has 0 radical (unpaired) electrons. The van der Waals surface area contributed by atoms with Gasteiger partial charge in [-0.05, 0) is 25.1 Å². The Morgan fingerprint density at radius 1 is 1.00 bits per heavy atom. The minimum Gasteiger partial charge on any atom is -0.490 e. The lowest BCUT2D eigenvalue weighted by molar-refractivity contribution is 0.221. The van der Waals surface area contributed by atoms with E-state index in [2.05, 4.69) is 9.97 Å². The molecule has 0 amide bonds. The second-order valence-corrected chi connectivity index (χ2v) is 4.99. The Hall–Kier alpha value is -2.62. The minimum atomic E-state index is 0.00473. The number of nitrogens with zero attached hydrogens (tertiary/aromatic N) is 2. The first kappa shape index (κ1) is 13.4. The van der Waals surface area contributed by atoms with Crippen LogP contribution in [-0.4, -0.2) is 16.1 Å². The van der Waals surface area contributed by atoms with Crippen LogP contribution < -0.4 is 10.5 Å². The highest BCUT2D eigenvalue weighted by atomic mass is 16.5. The highest BCUT2D eigenvalue weighted by Gasteiger charge is 2.11. The number of para-hydroxylation sites is 2. The lowest BCUT2D eigenvalue weighted by Gasteiger charge is -2.15. The second-order valence-electron chi connectivity index (χ2n) is 4.99. The van der Waals surface area contributed by atoms with Gasteiger partial charge in [-0.1, -0.05) is 36.4 Å². The van der Waals surface area contributed by atoms with Gasteiger partial charge in [-0.2, -0.15) is 0 Å². The van der Waals surface area contributed by atoms with E-state index < -0.39 is 0 Å². The van der Waals surface area contributed by atoms with Crippen molar-refractivity contribution in [3.05, 3.63) is 60.3 Å². The summed E-state index contributed by atoms with van der Waals surface area (Å²) < 4.78 is 5.91. The van der Waals surface area contributed by atoms with Crippen LogP contribution in [0, 0.1) is 0 Å². The van der Waals surface area contributed by atoms with Crippen LogP contribution in [0.2, 0.25) is 0 Å². The molecule has 4 heteroatoms. The predicted molar refractivity (Wildman–Crippen MR) is 84.2 cm³/mol. The maximum absolute atomic E-state index is 5.91. The molecular formula is C17H17N3O. The molecule has 3 aromatic rings. The van der Waals surface area contributed by atoms with Crippen molar-refractivity contribution in [2.75, 3.05) is 5.73 Å². The molecule has 2 aromatic carbocycles. The predicted octanol–water partition coefficient (Wildman–Crippen LogP) is 3.22. The average molecular weight is 279 g/mol. The van der Waals surface area contributed by atoms with Crippen LogP contribution in [0.25, 0.3) is 10.9 Å². The Bertz CT molecular complexity index is 743. The number of hydrogen-bond donors (Lipinski definition) is 1. The van der Waals surface area contributed by atoms with Crippen molar-refractivity contribution in [3.63, 3.8) is 0 Å². The lowest BCUT2D eigenvalue weighted by atomic mass is 10.1. The van der Waals surface area contributed by atoms with Crippen LogP contribution >= 0.6 is 0 Å². The van der Waals surface area contributed by atoms with Crippen molar-refractivity contribution in [2.45, 2.75) is 19.4 Å². The average Bonchev–Trinajstić information content (AvgIpc) is 2.48. The number of nitrogens with two attached hydrogens (primary N) is 1. The third-order valence-corrected chi connectivity index (χ3v) is 3.26. The van der Waals surface area contributed by atoms with Gasteiger partial charge in [0.25, 0.3) is 0 Å². The number of hydrogen-bond acceptors (Lipinski definition) is 4. The van der Waals surface area contributed by atoms with Gasteiger partial charge in [-0.3, -0.25) is 0 Å². The standard InChI is InChI=1S/C17H17N3O/c1-12(21-13-7-3-2-4-8-13)11-16-14-9-5-6-10-15(14)19-17(18)20-16/h2-10,12H,11H2,1H3,(H2,18,19,20). The van der Waals surface area contributed by atoms with Crippen LogP contribution in [0.5, 0.6) is 5.75 Å². The van der Waals surface area contributed by atoms with Crippen molar-refractivity contribution in [3.8, 4) is 5.75 Å². The van der Waals surface area contributed by atoms with Gasteiger partial charge in [0.2, 0.25) is 5.95 Å². The van der Waals surface area contributed by atoms with E-state index in [1.807, 2.05) is 61.5 Å². The quantitative estimate of drug-likeness (QED) is 0.796. The van der Waals surface area contributed by atoms with Crippen LogP contribution in [0.3, 0.4) is 0 Å². The second kappa shape index (κ2) is 5.79. The molecule has 0 aliphatic carbocycles. The smallest absolute Gasteiger partial charge is 0.220 e. The van der Waals surface area contributed by atoms with Crippen molar-refractivity contribution in [1.29, 1.82) is 0 Å². The van der Waals surface area contributed by atoms with Gasteiger partial charge in [-0.25, -0.2) is 9.97 Å². The van der Waals surface area contributed by atoms with Gasteiger partial charge >= 0.3 is 0 Å². The fourth-order valence-corrected chi connectivity index (χ4v) is 2.36. The Kier molecular flexibility index (Phi) is 3.69. The van der Waals surface area contributed by atoms with Crippen molar-refractivity contribution < 1.29 is 4.74 Å². The number of fused-ring (bicyclic) bond motifs is 1. The Morgan fingerprint density at radius 3 is 2.52 bits per heavy atom. The van der Waals surface area contributed by atoms with Crippen LogP contribution in [0.15, 0.2) is 54.6 Å². The molecule has 21 heavy (non-hydrogen) atoms. The molecule has 0 saturated carbocycles. The highest BCUT2D eigenvalue weighted by Crippen LogP contribution is 2.19. The van der Waals surface area contributed by atoms with Gasteiger partial charge in [0.05, 0.1) is 11.2 Å². The van der Waals surface area contributed by atoms with Crippen molar-refractivity contribution in [2.24, 2.45) is 0 Å². The fraction of sp³-hybridized carbons (Fsp3) is 0.176. The molecule has 0 spiro atoms. The summed E-state index contributed by atoms with van der Waals surface area (Å²) in [4.78, 5) is 8.62. The summed E-state index contributed by atoms with van der Waals surface area (Å²) in [5, 5.41) is 1.02. The molecule has 0 saturated heterocycles. The summed E-state index contributed by atoms with van der Waals surface area (Å²) in [5.74, 6) is 1.16. The summed E-state index contributed by atoms with van der Waals surface area (Å²) in [5.41, 5.74) is 7.58. The maximum atomic E-state index is 5.91. The molecule has 1 unspecified atom stereocenters. The highest BCUT2D eigenvalue weighted by molar-refractivity contribution is 5.81. The molecule has 0 fully saturated rings. The molecule has 1 atom stereocenters. The van der Waals surface area contributed by atoms with Gasteiger partial charge in [0.15, 0.2) is 0 Å². The van der Waals surface area contributed by atoms with E-state index in [-0.39, 0.29) is 6.10 Å². The molecule has 1 heterocycles. The SMILES string of the molecule is CC(Cc1nc(N)nc2ccccc12)Oc1ccccc1. The molecule has 0 aliphatic rings. The maximum Gasteiger partial charge on any atom is 0.220 e. The van der Waals surface area contributed by atoms with Crippen LogP contribution in [-0.2, 0) is 6.42 Å². The molecule has 0 bridgehead atoms. The Balaban J connectivity index is 1.84. The van der Waals surface area contributed by atoms with Crippen LogP contribution in [0.4, 0.5) is 5.95 Å². The third-order valence-electron chi connectivity index (χ3n) is 3.26. The van der Waals surface area contributed by atoms with Crippen molar-refractivity contribution in [1.82, 2.24) is 9.97 Å². The topological polar surface area (TPSA) is 61.0 Å². The van der Waals surface area contributed by atoms with E-state index in [9.17, 15) is 0 Å². The summed E-state index contributed by atoms with van der Waals surface area (Å²) in [6.45, 7) is 2.03. The third kappa shape index (κ3) is 3.11. The number of ether oxygens (including phenoxy) is 1. The number of benzene rings is 2. The first-order chi connectivity index (χ1) is 10.2. The Morgan fingerprint density at radius 2 is 1.71 bits per heavy atom. The largest absolute Gasteiger partial charge is 0.490 e. The van der Waals surface area contributed by atoms with Crippen molar-refractivity contribution >= 4 is 16.9 Å². The number of anilines is 1. The molecule has 106 valence electrons. The molecule has 1 aromatic heterocycles. The summed E-state index contributed by atoms with van der Waals surface area (Å²) in [7, 11) is 0. The number of rotatable bonds is 4. The van der Waals surface area contributed by atoms with Gasteiger partial charge in [0.1, 0.15) is 11.9 Å². The van der Waals surface area contributed by atoms with E-state index in [1.54, 1.807) is 0 Å². The first-order valence-corrected chi connectivity index (χ1v) is 6.95. The molecular weight excluding hydrogens is 262 g/mol. The minimum absolute atomic E-state index is 0.00473. The lowest BCUT2D eigenvalue weighted by Crippen LogP contribution is -2.16. The van der Waals surface area contributed by atoms with E-state index in [0.717, 1.165) is 22.3 Å². The number of aromatic nitrogens is 2. The van der Waals surface area contributed by atoms with Gasteiger partial charge in [0, 0.05) is 11.8 Å². The van der Waals surface area contributed by atoms with E-state index in [1.165, 1.54) is 0 Å². The van der Waals surface area contributed by atoms with Crippen LogP contribution in [0.1, 0.15) is 12.6 Å². The Labute approximate surface area is 123 Å². The molecule has 2 N–H and O–H groups in total. The fourth-order valence-electron chi connectivity index (χ4n) is 2.36. The zero-order valence-corrected chi connectivity index (χ0v) is 11.9. The zero-order chi connectivity index (χ0) is 14.7.